The molecule has 0 aliphatic carbocycles. The molecule has 0 fully saturated rings. The van der Waals surface area contributed by atoms with Crippen molar-refractivity contribution < 1.29 is 0 Å². The van der Waals surface area contributed by atoms with E-state index in [-0.39, 0.29) is 5.41 Å². The molecular formula is C9H19N. The standard InChI is InChI=1S/C7H13N.C2H6/c1-4-7(2,3)5-6-8;1-2/h4-5H2,1-3H3;1-2H3. The molecule has 0 amide bonds. The highest BCUT2D eigenvalue weighted by molar-refractivity contribution is 4.80. The zero-order valence-corrected chi connectivity index (χ0v) is 7.86. The van der Waals surface area contributed by atoms with Crippen LogP contribution in [0, 0.1) is 16.7 Å². The SMILES string of the molecule is CC.CCC(C)(C)CC#N. The van der Waals surface area contributed by atoms with Crippen molar-refractivity contribution in [3.05, 3.63) is 0 Å². The van der Waals surface area contributed by atoms with Crippen molar-refractivity contribution in [2.75, 3.05) is 0 Å². The third-order valence-corrected chi connectivity index (χ3v) is 1.51. The molecule has 0 bridgehead atoms. The first kappa shape index (κ1) is 12.2. The molecule has 0 radical (unpaired) electrons. The molecule has 0 spiro atoms. The van der Waals surface area contributed by atoms with Gasteiger partial charge in [-0.1, -0.05) is 41.0 Å². The van der Waals surface area contributed by atoms with Gasteiger partial charge in [0.1, 0.15) is 0 Å². The number of hydrogen-bond acceptors (Lipinski definition) is 1. The fourth-order valence-corrected chi connectivity index (χ4v) is 0.339. The molecule has 10 heavy (non-hydrogen) atoms. The molecule has 0 aliphatic heterocycles. The topological polar surface area (TPSA) is 23.8 Å². The van der Waals surface area contributed by atoms with Crippen LogP contribution in [0.2, 0.25) is 0 Å². The summed E-state index contributed by atoms with van der Waals surface area (Å²) in [5, 5.41) is 8.28. The molecule has 1 heteroatoms. The monoisotopic (exact) mass is 141 g/mol. The number of hydrogen-bond donors (Lipinski definition) is 0. The fraction of sp³-hybridized carbons (Fsp3) is 0.889. The fourth-order valence-electron chi connectivity index (χ4n) is 0.339. The summed E-state index contributed by atoms with van der Waals surface area (Å²) in [6.07, 6.45) is 1.75. The minimum atomic E-state index is 0.231. The Kier molecular flexibility index (Phi) is 8.06. The van der Waals surface area contributed by atoms with Crippen molar-refractivity contribution in [3.8, 4) is 6.07 Å². The first-order chi connectivity index (χ1) is 4.62. The molecule has 0 aromatic heterocycles. The van der Waals surface area contributed by atoms with Crippen molar-refractivity contribution in [2.45, 2.75) is 47.5 Å². The van der Waals surface area contributed by atoms with Crippen LogP contribution in [0.1, 0.15) is 47.5 Å². The Bertz CT molecular complexity index is 97.8. The molecular weight excluding hydrogens is 122 g/mol. The lowest BCUT2D eigenvalue weighted by Gasteiger charge is -2.16. The van der Waals surface area contributed by atoms with Gasteiger partial charge >= 0.3 is 0 Å². The van der Waals surface area contributed by atoms with Gasteiger partial charge in [-0.3, -0.25) is 0 Å². The molecule has 0 aromatic rings. The van der Waals surface area contributed by atoms with Gasteiger partial charge in [0.2, 0.25) is 0 Å². The van der Waals surface area contributed by atoms with E-state index >= 15 is 0 Å². The highest BCUT2D eigenvalue weighted by Crippen LogP contribution is 2.22. The Hall–Kier alpha value is -0.510. The zero-order valence-electron chi connectivity index (χ0n) is 7.86. The summed E-state index contributed by atoms with van der Waals surface area (Å²) in [7, 11) is 0. The quantitative estimate of drug-likeness (QED) is 0.578. The predicted molar refractivity (Wildman–Crippen MR) is 45.7 cm³/mol. The predicted octanol–water partition coefficient (Wildman–Crippen LogP) is 3.36. The van der Waals surface area contributed by atoms with Crippen molar-refractivity contribution in [1.29, 1.82) is 5.26 Å². The van der Waals surface area contributed by atoms with E-state index in [0.717, 1.165) is 6.42 Å². The maximum absolute atomic E-state index is 8.28. The van der Waals surface area contributed by atoms with Gasteiger partial charge in [0, 0.05) is 6.42 Å². The molecule has 1 nitrogen and oxygen atoms in total. The second kappa shape index (κ2) is 6.61. The van der Waals surface area contributed by atoms with Gasteiger partial charge in [-0.25, -0.2) is 0 Å². The number of nitrogens with zero attached hydrogens (tertiary/aromatic N) is 1. The maximum atomic E-state index is 8.28. The Balaban J connectivity index is 0. The first-order valence-electron chi connectivity index (χ1n) is 3.99. The van der Waals surface area contributed by atoms with Crippen molar-refractivity contribution >= 4 is 0 Å². The molecule has 0 saturated carbocycles. The summed E-state index contributed by atoms with van der Waals surface area (Å²) in [4.78, 5) is 0. The Morgan fingerprint density at radius 3 is 1.80 bits per heavy atom. The van der Waals surface area contributed by atoms with E-state index in [0.29, 0.717) is 6.42 Å². The van der Waals surface area contributed by atoms with E-state index in [4.69, 9.17) is 5.26 Å². The van der Waals surface area contributed by atoms with Crippen LogP contribution < -0.4 is 0 Å². The summed E-state index contributed by atoms with van der Waals surface area (Å²) >= 11 is 0. The van der Waals surface area contributed by atoms with E-state index in [1.165, 1.54) is 0 Å². The first-order valence-corrected chi connectivity index (χ1v) is 3.99. The lowest BCUT2D eigenvalue weighted by molar-refractivity contribution is 0.361. The summed E-state index contributed by atoms with van der Waals surface area (Å²) in [6, 6.07) is 2.16. The van der Waals surface area contributed by atoms with Crippen LogP contribution in [0.5, 0.6) is 0 Å². The molecule has 0 unspecified atom stereocenters. The molecule has 0 heterocycles. The minimum Gasteiger partial charge on any atom is -0.198 e. The van der Waals surface area contributed by atoms with Gasteiger partial charge in [-0.15, -0.1) is 0 Å². The lowest BCUT2D eigenvalue weighted by atomic mass is 9.87. The molecule has 0 aliphatic rings. The van der Waals surface area contributed by atoms with Crippen molar-refractivity contribution in [1.82, 2.24) is 0 Å². The van der Waals surface area contributed by atoms with E-state index in [1.54, 1.807) is 0 Å². The number of nitriles is 1. The highest BCUT2D eigenvalue weighted by atomic mass is 14.3. The van der Waals surface area contributed by atoms with E-state index in [1.807, 2.05) is 13.8 Å². The average molecular weight is 141 g/mol. The summed E-state index contributed by atoms with van der Waals surface area (Å²) in [6.45, 7) is 10.3. The second-order valence-electron chi connectivity index (χ2n) is 2.85. The van der Waals surface area contributed by atoms with Gasteiger partial charge in [-0.2, -0.15) is 5.26 Å². The van der Waals surface area contributed by atoms with Crippen LogP contribution in [0.4, 0.5) is 0 Å². The normalized spacial score (nSPS) is 9.20. The lowest BCUT2D eigenvalue weighted by Crippen LogP contribution is -2.07. The minimum absolute atomic E-state index is 0.231. The van der Waals surface area contributed by atoms with E-state index in [2.05, 4.69) is 26.8 Å². The zero-order chi connectivity index (χ0) is 8.62. The van der Waals surface area contributed by atoms with Gasteiger partial charge in [0.05, 0.1) is 6.07 Å². The Morgan fingerprint density at radius 1 is 1.30 bits per heavy atom. The average Bonchev–Trinajstić information content (AvgIpc) is 1.93. The van der Waals surface area contributed by atoms with Crippen LogP contribution in [0.3, 0.4) is 0 Å². The molecule has 0 N–H and O–H groups in total. The summed E-state index contributed by atoms with van der Waals surface area (Å²) < 4.78 is 0. The Morgan fingerprint density at radius 2 is 1.70 bits per heavy atom. The molecule has 60 valence electrons. The van der Waals surface area contributed by atoms with Gasteiger partial charge in [-0.05, 0) is 5.41 Å². The van der Waals surface area contributed by atoms with Gasteiger partial charge in [0.15, 0.2) is 0 Å². The van der Waals surface area contributed by atoms with Gasteiger partial charge in [0.25, 0.3) is 0 Å². The molecule has 0 atom stereocenters. The van der Waals surface area contributed by atoms with Crippen LogP contribution in [-0.4, -0.2) is 0 Å². The smallest absolute Gasteiger partial charge is 0.0627 e. The molecule has 0 rings (SSSR count). The summed E-state index contributed by atoms with van der Waals surface area (Å²) in [5.74, 6) is 0. The van der Waals surface area contributed by atoms with Crippen LogP contribution in [0.15, 0.2) is 0 Å². The van der Waals surface area contributed by atoms with Crippen LogP contribution in [-0.2, 0) is 0 Å². The van der Waals surface area contributed by atoms with Crippen molar-refractivity contribution in [2.24, 2.45) is 5.41 Å². The third kappa shape index (κ3) is 7.49. The summed E-state index contributed by atoms with van der Waals surface area (Å²) in [5.41, 5.74) is 0.231. The Labute approximate surface area is 65.1 Å². The highest BCUT2D eigenvalue weighted by Gasteiger charge is 2.12. The van der Waals surface area contributed by atoms with Crippen LogP contribution >= 0.6 is 0 Å². The second-order valence-corrected chi connectivity index (χ2v) is 2.85. The third-order valence-electron chi connectivity index (χ3n) is 1.51. The number of rotatable bonds is 2. The molecule has 0 aromatic carbocycles. The maximum Gasteiger partial charge on any atom is 0.0627 e. The van der Waals surface area contributed by atoms with E-state index < -0.39 is 0 Å². The molecule has 0 saturated heterocycles. The van der Waals surface area contributed by atoms with Gasteiger partial charge < -0.3 is 0 Å². The van der Waals surface area contributed by atoms with Crippen LogP contribution in [0.25, 0.3) is 0 Å². The largest absolute Gasteiger partial charge is 0.198 e. The van der Waals surface area contributed by atoms with Crippen molar-refractivity contribution in [3.63, 3.8) is 0 Å². The van der Waals surface area contributed by atoms with E-state index in [9.17, 15) is 0 Å².